The van der Waals surface area contributed by atoms with Crippen molar-refractivity contribution in [2.24, 2.45) is 5.41 Å². The molecule has 3 aromatic carbocycles. The molecule has 0 bridgehead atoms. The van der Waals surface area contributed by atoms with E-state index in [0.29, 0.717) is 31.0 Å². The number of aliphatic hydroxyl groups excluding tert-OH is 1. The molecule has 0 saturated carbocycles. The van der Waals surface area contributed by atoms with Gasteiger partial charge in [0, 0.05) is 12.2 Å². The summed E-state index contributed by atoms with van der Waals surface area (Å²) >= 11 is 0. The Kier molecular flexibility index (Phi) is 22.6. The highest BCUT2D eigenvalue weighted by Gasteiger charge is 2.27. The van der Waals surface area contributed by atoms with E-state index in [9.17, 15) is 0 Å². The minimum Gasteiger partial charge on any atom is -0.508 e. The zero-order valence-corrected chi connectivity index (χ0v) is 29.5. The van der Waals surface area contributed by atoms with Crippen molar-refractivity contribution in [2.75, 3.05) is 47.1 Å². The first-order chi connectivity index (χ1) is 19.8. The van der Waals surface area contributed by atoms with Gasteiger partial charge in [-0.05, 0) is 53.5 Å². The maximum atomic E-state index is 8.63. The molecule has 0 fully saturated rings. The van der Waals surface area contributed by atoms with Gasteiger partial charge in [0.05, 0.1) is 27.3 Å². The third-order valence-electron chi connectivity index (χ3n) is 6.67. The van der Waals surface area contributed by atoms with Crippen molar-refractivity contribution >= 4 is 12.4 Å². The average Bonchev–Trinajstić information content (AvgIpc) is 2.91. The third-order valence-corrected chi connectivity index (χ3v) is 6.67. The van der Waals surface area contributed by atoms with Gasteiger partial charge in [0.1, 0.15) is 31.2 Å². The summed E-state index contributed by atoms with van der Waals surface area (Å²) in [5.74, 6) is 1.23. The predicted octanol–water partition coefficient (Wildman–Crippen LogP) is 8.83. The fourth-order valence-corrected chi connectivity index (χ4v) is 4.81. The molecule has 0 heterocycles. The molecule has 0 aromatic heterocycles. The first-order valence-corrected chi connectivity index (χ1v) is 15.3. The van der Waals surface area contributed by atoms with E-state index in [4.69, 9.17) is 19.7 Å². The number of quaternary nitrogens is 1. The fraction of sp³-hybridized carbons (Fsp3) is 0.514. The second kappa shape index (κ2) is 22.8. The Hall–Kier alpha value is -2.61. The molecule has 0 aliphatic heterocycles. The van der Waals surface area contributed by atoms with Crippen LogP contribution in [0.5, 0.6) is 11.5 Å². The zero-order chi connectivity index (χ0) is 31.5. The Morgan fingerprint density at radius 1 is 0.750 bits per heavy atom. The lowest BCUT2D eigenvalue weighted by molar-refractivity contribution is -0.904. The van der Waals surface area contributed by atoms with Crippen molar-refractivity contribution in [1.29, 1.82) is 0 Å². The molecule has 0 amide bonds. The fourth-order valence-electron chi connectivity index (χ4n) is 4.81. The molecule has 7 heteroatoms. The van der Waals surface area contributed by atoms with Crippen LogP contribution in [0.4, 0.5) is 0 Å². The van der Waals surface area contributed by atoms with Crippen LogP contribution in [0.25, 0.3) is 0 Å². The normalized spacial score (nSPS) is 11.0. The molecule has 44 heavy (non-hydrogen) atoms. The standard InChI is InChI=1S/C27H42NO2.C6H6O.C4H10O.ClH.H3N/c1-26(2,3)22-27(4,5)24-13-15-25(16-14-24)30-20-19-29-18-17-28(6,7)21-23-11-9-8-10-12-23;7-6-4-2-1-3-5-6;1-2-3-4-5;;/h8-16H,17-22H2,1-7H3;1-5,7H;5H,2-4H2,1H3;1H;1H3/q+1;;;;. The molecule has 0 saturated heterocycles. The monoisotopic (exact) mass is 633 g/mol. The minimum absolute atomic E-state index is 0. The minimum atomic E-state index is 0. The van der Waals surface area contributed by atoms with Crippen LogP contribution in [-0.4, -0.2) is 61.8 Å². The van der Waals surface area contributed by atoms with Crippen molar-refractivity contribution in [3.05, 3.63) is 96.1 Å². The van der Waals surface area contributed by atoms with Crippen LogP contribution >= 0.6 is 12.4 Å². The van der Waals surface area contributed by atoms with E-state index in [0.717, 1.165) is 49.2 Å². The van der Waals surface area contributed by atoms with E-state index in [1.54, 1.807) is 24.3 Å². The van der Waals surface area contributed by atoms with Crippen LogP contribution in [0.1, 0.15) is 71.9 Å². The lowest BCUT2D eigenvalue weighted by Gasteiger charge is -2.33. The molecule has 0 unspecified atom stereocenters. The number of hydrogen-bond acceptors (Lipinski definition) is 5. The smallest absolute Gasteiger partial charge is 0.119 e. The third kappa shape index (κ3) is 21.2. The van der Waals surface area contributed by atoms with E-state index in [1.807, 2.05) is 6.07 Å². The number of para-hydroxylation sites is 1. The number of unbranched alkanes of at least 4 members (excludes halogenated alkanes) is 1. The van der Waals surface area contributed by atoms with Crippen molar-refractivity contribution in [1.82, 2.24) is 6.15 Å². The number of likely N-dealkylation sites (N-methyl/N-ethyl adjacent to an activating group) is 1. The lowest BCUT2D eigenvalue weighted by atomic mass is 9.72. The Morgan fingerprint density at radius 2 is 1.30 bits per heavy atom. The maximum Gasteiger partial charge on any atom is 0.119 e. The number of aliphatic hydroxyl groups is 1. The number of phenolic OH excluding ortho intramolecular Hbond substituents is 1. The van der Waals surface area contributed by atoms with Gasteiger partial charge in [0.15, 0.2) is 0 Å². The van der Waals surface area contributed by atoms with Gasteiger partial charge in [-0.25, -0.2) is 0 Å². The lowest BCUT2D eigenvalue weighted by Crippen LogP contribution is -2.41. The van der Waals surface area contributed by atoms with Gasteiger partial charge >= 0.3 is 0 Å². The van der Waals surface area contributed by atoms with Gasteiger partial charge < -0.3 is 30.3 Å². The summed E-state index contributed by atoms with van der Waals surface area (Å²) in [5.41, 5.74) is 3.19. The molecule has 5 N–H and O–H groups in total. The number of rotatable bonds is 13. The summed E-state index contributed by atoms with van der Waals surface area (Å²) in [7, 11) is 4.49. The van der Waals surface area contributed by atoms with Gasteiger partial charge in [-0.15, -0.1) is 12.4 Å². The summed E-state index contributed by atoms with van der Waals surface area (Å²) in [6.45, 7) is 17.9. The summed E-state index contributed by atoms with van der Waals surface area (Å²) in [4.78, 5) is 0. The molecule has 250 valence electrons. The van der Waals surface area contributed by atoms with E-state index in [2.05, 4.69) is 110 Å². The van der Waals surface area contributed by atoms with Gasteiger partial charge in [-0.3, -0.25) is 0 Å². The average molecular weight is 634 g/mol. The predicted molar refractivity (Wildman–Crippen MR) is 189 cm³/mol. The highest BCUT2D eigenvalue weighted by atomic mass is 35.5. The molecule has 3 rings (SSSR count). The first-order valence-electron chi connectivity index (χ1n) is 15.3. The van der Waals surface area contributed by atoms with Gasteiger partial charge in [0.2, 0.25) is 0 Å². The molecule has 6 nitrogen and oxygen atoms in total. The number of benzene rings is 3. The quantitative estimate of drug-likeness (QED) is 0.129. The number of phenols is 1. The van der Waals surface area contributed by atoms with E-state index < -0.39 is 0 Å². The van der Waals surface area contributed by atoms with Gasteiger partial charge in [0.25, 0.3) is 0 Å². The molecule has 0 spiro atoms. The van der Waals surface area contributed by atoms with Crippen molar-refractivity contribution in [3.8, 4) is 11.5 Å². The molecular formula is C37H62ClN2O4+. The largest absolute Gasteiger partial charge is 0.508 e. The topological polar surface area (TPSA) is 93.9 Å². The summed E-state index contributed by atoms with van der Waals surface area (Å²) in [5, 5.41) is 16.7. The summed E-state index contributed by atoms with van der Waals surface area (Å²) in [6.07, 6.45) is 3.18. The molecule has 0 radical (unpaired) electrons. The van der Waals surface area contributed by atoms with Crippen molar-refractivity contribution < 1.29 is 24.2 Å². The van der Waals surface area contributed by atoms with Crippen LogP contribution in [-0.2, 0) is 16.7 Å². The second-order valence-electron chi connectivity index (χ2n) is 13.3. The van der Waals surface area contributed by atoms with Crippen LogP contribution < -0.4 is 10.9 Å². The van der Waals surface area contributed by atoms with Crippen molar-refractivity contribution in [3.63, 3.8) is 0 Å². The molecule has 0 aliphatic carbocycles. The first kappa shape index (κ1) is 43.5. The Balaban J connectivity index is 0. The maximum absolute atomic E-state index is 8.63. The van der Waals surface area contributed by atoms with Gasteiger partial charge in [-0.2, -0.15) is 0 Å². The van der Waals surface area contributed by atoms with Crippen molar-refractivity contribution in [2.45, 2.75) is 72.8 Å². The van der Waals surface area contributed by atoms with Crippen LogP contribution in [0, 0.1) is 5.41 Å². The Morgan fingerprint density at radius 3 is 1.73 bits per heavy atom. The highest BCUT2D eigenvalue weighted by Crippen LogP contribution is 2.36. The summed E-state index contributed by atoms with van der Waals surface area (Å²) in [6, 6.07) is 27.9. The van der Waals surface area contributed by atoms with Crippen LogP contribution in [0.2, 0.25) is 0 Å². The molecular weight excluding hydrogens is 572 g/mol. The highest BCUT2D eigenvalue weighted by molar-refractivity contribution is 5.85. The number of halogens is 1. The second-order valence-corrected chi connectivity index (χ2v) is 13.3. The number of ether oxygens (including phenoxy) is 2. The summed E-state index contributed by atoms with van der Waals surface area (Å²) < 4.78 is 12.6. The van der Waals surface area contributed by atoms with E-state index in [-0.39, 0.29) is 24.0 Å². The molecule has 0 atom stereocenters. The number of aromatic hydroxyl groups is 1. The number of nitrogens with zero attached hydrogens (tertiary/aromatic N) is 1. The Labute approximate surface area is 275 Å². The van der Waals surface area contributed by atoms with E-state index >= 15 is 0 Å². The molecule has 0 aliphatic rings. The van der Waals surface area contributed by atoms with Crippen LogP contribution in [0.3, 0.4) is 0 Å². The molecule has 3 aromatic rings. The number of hydrogen-bond donors (Lipinski definition) is 3. The van der Waals surface area contributed by atoms with E-state index in [1.165, 1.54) is 11.1 Å². The zero-order valence-electron chi connectivity index (χ0n) is 28.7. The van der Waals surface area contributed by atoms with Crippen LogP contribution in [0.15, 0.2) is 84.9 Å². The Bertz CT molecular complexity index is 1070. The SMILES string of the molecule is CC(C)(C)CC(C)(C)c1ccc(OCCOCC[N+](C)(C)Cc2ccccc2)cc1.CCCCO.Cl.N.Oc1ccccc1. The van der Waals surface area contributed by atoms with Gasteiger partial charge in [-0.1, -0.05) is 109 Å².